The normalized spacial score (nSPS) is 20.8. The largest absolute Gasteiger partial charge is 0.466 e. The molecule has 0 unspecified atom stereocenters. The first-order valence-electron chi connectivity index (χ1n) is 6.60. The topological polar surface area (TPSA) is 81.5 Å². The first kappa shape index (κ1) is 15.0. The van der Waals surface area contributed by atoms with E-state index in [1.54, 1.807) is 14.0 Å². The minimum atomic E-state index is -3.58. The van der Waals surface area contributed by atoms with Gasteiger partial charge in [-0.2, -0.15) is 9.40 Å². The van der Waals surface area contributed by atoms with Crippen LogP contribution in [0.25, 0.3) is 0 Å². The predicted molar refractivity (Wildman–Crippen MR) is 71.3 cm³/mol. The molecule has 2 heterocycles. The number of carbonyl (C=O) groups is 1. The predicted octanol–water partition coefficient (Wildman–Crippen LogP) is 0.384. The van der Waals surface area contributed by atoms with E-state index in [1.165, 1.54) is 21.4 Å². The van der Waals surface area contributed by atoms with Gasteiger partial charge in [0.25, 0.3) is 0 Å². The van der Waals surface area contributed by atoms with Crippen LogP contribution in [-0.4, -0.2) is 48.2 Å². The van der Waals surface area contributed by atoms with Gasteiger partial charge in [-0.3, -0.25) is 9.48 Å². The Balaban J connectivity index is 2.14. The lowest BCUT2D eigenvalue weighted by molar-refractivity contribution is -0.149. The zero-order valence-electron chi connectivity index (χ0n) is 11.7. The third kappa shape index (κ3) is 3.01. The maximum absolute atomic E-state index is 12.4. The van der Waals surface area contributed by atoms with Crippen LogP contribution in [0.4, 0.5) is 0 Å². The second-order valence-corrected chi connectivity index (χ2v) is 6.74. The number of nitrogens with zero attached hydrogens (tertiary/aromatic N) is 3. The number of esters is 1. The molecule has 112 valence electrons. The van der Waals surface area contributed by atoms with Gasteiger partial charge in [-0.15, -0.1) is 0 Å². The molecule has 8 heteroatoms. The van der Waals surface area contributed by atoms with E-state index in [0.717, 1.165) is 0 Å². The van der Waals surface area contributed by atoms with E-state index in [2.05, 4.69) is 5.10 Å². The highest BCUT2D eigenvalue weighted by molar-refractivity contribution is 7.89. The van der Waals surface area contributed by atoms with Gasteiger partial charge in [-0.25, -0.2) is 8.42 Å². The van der Waals surface area contributed by atoms with Gasteiger partial charge < -0.3 is 4.74 Å². The number of carbonyl (C=O) groups excluding carboxylic acids is 1. The molecular weight excluding hydrogens is 282 g/mol. The van der Waals surface area contributed by atoms with E-state index in [0.29, 0.717) is 26.0 Å². The zero-order chi connectivity index (χ0) is 14.8. The second-order valence-electron chi connectivity index (χ2n) is 4.80. The molecule has 0 radical (unpaired) electrons. The number of sulfonamides is 1. The van der Waals surface area contributed by atoms with Crippen LogP contribution in [0.3, 0.4) is 0 Å². The molecule has 7 nitrogen and oxygen atoms in total. The van der Waals surface area contributed by atoms with Crippen molar-refractivity contribution >= 4 is 16.0 Å². The van der Waals surface area contributed by atoms with E-state index in [4.69, 9.17) is 4.74 Å². The van der Waals surface area contributed by atoms with Crippen LogP contribution < -0.4 is 0 Å². The molecule has 1 aliphatic heterocycles. The molecule has 0 spiro atoms. The second kappa shape index (κ2) is 5.92. The maximum atomic E-state index is 12.4. The number of aromatic nitrogens is 2. The monoisotopic (exact) mass is 301 g/mol. The molecule has 20 heavy (non-hydrogen) atoms. The summed E-state index contributed by atoms with van der Waals surface area (Å²) in [6, 6.07) is 0. The third-order valence-electron chi connectivity index (χ3n) is 3.32. The molecule has 0 saturated carbocycles. The molecule has 1 aliphatic rings. The van der Waals surface area contributed by atoms with Crippen LogP contribution in [0.2, 0.25) is 0 Å². The molecule has 0 aliphatic carbocycles. The summed E-state index contributed by atoms with van der Waals surface area (Å²) < 4.78 is 32.7. The van der Waals surface area contributed by atoms with Gasteiger partial charge in [0.05, 0.1) is 18.7 Å². The van der Waals surface area contributed by atoms with Crippen molar-refractivity contribution < 1.29 is 17.9 Å². The highest BCUT2D eigenvalue weighted by atomic mass is 32.2. The van der Waals surface area contributed by atoms with Crippen molar-refractivity contribution in [3.63, 3.8) is 0 Å². The van der Waals surface area contributed by atoms with E-state index in [-0.39, 0.29) is 23.3 Å². The Morgan fingerprint density at radius 3 is 2.90 bits per heavy atom. The Morgan fingerprint density at radius 2 is 2.30 bits per heavy atom. The summed E-state index contributed by atoms with van der Waals surface area (Å²) in [7, 11) is -1.92. The van der Waals surface area contributed by atoms with Gasteiger partial charge in [-0.05, 0) is 19.8 Å². The summed E-state index contributed by atoms with van der Waals surface area (Å²) in [6.45, 7) is 2.65. The van der Waals surface area contributed by atoms with Crippen molar-refractivity contribution in [1.82, 2.24) is 14.1 Å². The van der Waals surface area contributed by atoms with Crippen molar-refractivity contribution in [3.8, 4) is 0 Å². The fraction of sp³-hybridized carbons (Fsp3) is 0.667. The fourth-order valence-corrected chi connectivity index (χ4v) is 3.80. The van der Waals surface area contributed by atoms with Crippen LogP contribution in [0.15, 0.2) is 17.3 Å². The Morgan fingerprint density at radius 1 is 1.55 bits per heavy atom. The van der Waals surface area contributed by atoms with Crippen molar-refractivity contribution in [2.45, 2.75) is 24.7 Å². The number of rotatable bonds is 4. The molecule has 0 bridgehead atoms. The fourth-order valence-electron chi connectivity index (χ4n) is 2.29. The van der Waals surface area contributed by atoms with Crippen molar-refractivity contribution in [3.05, 3.63) is 12.4 Å². The zero-order valence-corrected chi connectivity index (χ0v) is 12.5. The standard InChI is InChI=1S/C12H19N3O4S/c1-3-19-12(16)10-5-4-6-15(8-10)20(17,18)11-7-13-14(2)9-11/h7,9-10H,3-6,8H2,1-2H3/t10-/m0/s1. The quantitative estimate of drug-likeness (QED) is 0.751. The Kier molecular flexibility index (Phi) is 4.44. The van der Waals surface area contributed by atoms with Crippen LogP contribution in [0.5, 0.6) is 0 Å². The Labute approximate surface area is 118 Å². The van der Waals surface area contributed by atoms with Crippen molar-refractivity contribution in [2.24, 2.45) is 13.0 Å². The molecule has 1 fully saturated rings. The summed E-state index contributed by atoms with van der Waals surface area (Å²) in [5.74, 6) is -0.700. The average Bonchev–Trinajstić information content (AvgIpc) is 2.86. The summed E-state index contributed by atoms with van der Waals surface area (Å²) in [4.78, 5) is 11.9. The Hall–Kier alpha value is -1.41. The van der Waals surface area contributed by atoms with Crippen LogP contribution in [0.1, 0.15) is 19.8 Å². The summed E-state index contributed by atoms with van der Waals surface area (Å²) in [5.41, 5.74) is 0. The highest BCUT2D eigenvalue weighted by Crippen LogP contribution is 2.24. The minimum Gasteiger partial charge on any atom is -0.466 e. The SMILES string of the molecule is CCOC(=O)[C@H]1CCCN(S(=O)(=O)c2cnn(C)c2)C1. The molecule has 2 rings (SSSR count). The van der Waals surface area contributed by atoms with E-state index in [1.807, 2.05) is 0 Å². The first-order chi connectivity index (χ1) is 9.45. The molecule has 0 aromatic carbocycles. The molecule has 1 saturated heterocycles. The number of hydrogen-bond acceptors (Lipinski definition) is 5. The molecular formula is C12H19N3O4S. The van der Waals surface area contributed by atoms with Crippen LogP contribution in [-0.2, 0) is 26.6 Å². The van der Waals surface area contributed by atoms with Gasteiger partial charge in [0, 0.05) is 26.3 Å². The highest BCUT2D eigenvalue weighted by Gasteiger charge is 2.34. The molecule has 1 atom stereocenters. The van der Waals surface area contributed by atoms with Gasteiger partial charge in [0.2, 0.25) is 10.0 Å². The summed E-state index contributed by atoms with van der Waals surface area (Å²) in [5, 5.41) is 3.88. The lowest BCUT2D eigenvalue weighted by Crippen LogP contribution is -2.42. The minimum absolute atomic E-state index is 0.157. The molecule has 0 N–H and O–H groups in total. The lowest BCUT2D eigenvalue weighted by Gasteiger charge is -2.30. The van der Waals surface area contributed by atoms with Gasteiger partial charge in [0.1, 0.15) is 4.90 Å². The van der Waals surface area contributed by atoms with E-state index in [9.17, 15) is 13.2 Å². The smallest absolute Gasteiger partial charge is 0.310 e. The van der Waals surface area contributed by atoms with Crippen molar-refractivity contribution in [1.29, 1.82) is 0 Å². The lowest BCUT2D eigenvalue weighted by atomic mass is 10.0. The first-order valence-corrected chi connectivity index (χ1v) is 8.04. The third-order valence-corrected chi connectivity index (χ3v) is 5.14. The van der Waals surface area contributed by atoms with E-state index < -0.39 is 10.0 Å². The number of hydrogen-bond donors (Lipinski definition) is 0. The average molecular weight is 301 g/mol. The van der Waals surface area contributed by atoms with Gasteiger partial charge in [0.15, 0.2) is 0 Å². The summed E-state index contributed by atoms with van der Waals surface area (Å²) >= 11 is 0. The number of piperidine rings is 1. The molecule has 1 aromatic heterocycles. The molecule has 0 amide bonds. The number of aryl methyl sites for hydroxylation is 1. The summed E-state index contributed by atoms with van der Waals surface area (Å²) in [6.07, 6.45) is 4.10. The van der Waals surface area contributed by atoms with Crippen LogP contribution in [0, 0.1) is 5.92 Å². The van der Waals surface area contributed by atoms with Gasteiger partial charge in [-0.1, -0.05) is 0 Å². The van der Waals surface area contributed by atoms with Crippen molar-refractivity contribution in [2.75, 3.05) is 19.7 Å². The maximum Gasteiger partial charge on any atom is 0.310 e. The van der Waals surface area contributed by atoms with Gasteiger partial charge >= 0.3 is 5.97 Å². The molecule has 1 aromatic rings. The van der Waals surface area contributed by atoms with Crippen LogP contribution >= 0.6 is 0 Å². The van der Waals surface area contributed by atoms with E-state index >= 15 is 0 Å². The number of ether oxygens (including phenoxy) is 1. The Bertz CT molecular complexity index is 581.